The second-order valence-electron chi connectivity index (χ2n) is 12.0. The molecule has 208 valence electrons. The highest BCUT2D eigenvalue weighted by atomic mass is 28.3. The van der Waals surface area contributed by atoms with Crippen molar-refractivity contribution in [3.63, 3.8) is 0 Å². The van der Waals surface area contributed by atoms with Crippen LogP contribution in [0.5, 0.6) is 5.75 Å². The number of aliphatic hydroxyl groups is 3. The minimum atomic E-state index is -2.67. The summed E-state index contributed by atoms with van der Waals surface area (Å²) in [6.07, 6.45) is 0.258. The van der Waals surface area contributed by atoms with Gasteiger partial charge in [-0.15, -0.1) is 5.54 Å². The molecule has 1 amide bonds. The maximum absolute atomic E-state index is 14.0. The fourth-order valence-electron chi connectivity index (χ4n) is 6.05. The number of hydrogen-bond donors (Lipinski definition) is 5. The summed E-state index contributed by atoms with van der Waals surface area (Å²) in [6, 6.07) is 0.708. The van der Waals surface area contributed by atoms with E-state index < -0.39 is 66.1 Å². The number of Topliss-reactive ketones (excluding diaryl/α,β-unsaturated/α-hetero) is 2. The van der Waals surface area contributed by atoms with E-state index in [2.05, 4.69) is 31.1 Å². The van der Waals surface area contributed by atoms with Crippen molar-refractivity contribution in [3.8, 4) is 17.2 Å². The van der Waals surface area contributed by atoms with Gasteiger partial charge in [-0.05, 0) is 44.5 Å². The maximum atomic E-state index is 14.0. The number of likely N-dealkylation sites (N-methyl/N-ethyl adjacent to an activating group) is 1. The predicted octanol–water partition coefficient (Wildman–Crippen LogP) is 1.42. The van der Waals surface area contributed by atoms with Crippen molar-refractivity contribution in [2.75, 3.05) is 33.1 Å². The summed E-state index contributed by atoms with van der Waals surface area (Å²) in [4.78, 5) is 42.9. The predicted molar refractivity (Wildman–Crippen MR) is 148 cm³/mol. The van der Waals surface area contributed by atoms with Crippen molar-refractivity contribution in [3.05, 3.63) is 45.4 Å². The highest BCUT2D eigenvalue weighted by Crippen LogP contribution is 2.53. The number of nitrogens with zero attached hydrogens (tertiary/aromatic N) is 2. The number of benzene rings is 1. The molecule has 0 heterocycles. The molecule has 0 radical (unpaired) electrons. The molecule has 10 nitrogen and oxygen atoms in total. The van der Waals surface area contributed by atoms with Crippen molar-refractivity contribution in [2.45, 2.75) is 44.1 Å². The van der Waals surface area contributed by atoms with Gasteiger partial charge >= 0.3 is 0 Å². The van der Waals surface area contributed by atoms with Crippen molar-refractivity contribution in [1.29, 1.82) is 0 Å². The molecule has 39 heavy (non-hydrogen) atoms. The number of primary amides is 1. The minimum absolute atomic E-state index is 0.0383. The Labute approximate surface area is 228 Å². The first-order chi connectivity index (χ1) is 17.9. The van der Waals surface area contributed by atoms with Gasteiger partial charge in [0.15, 0.2) is 11.4 Å². The molecule has 4 rings (SSSR count). The number of ketones is 2. The van der Waals surface area contributed by atoms with Crippen LogP contribution in [0.1, 0.15) is 27.9 Å². The largest absolute Gasteiger partial charge is 0.510 e. The van der Waals surface area contributed by atoms with Gasteiger partial charge in [0.1, 0.15) is 30.9 Å². The Morgan fingerprint density at radius 2 is 1.74 bits per heavy atom. The number of nitrogens with two attached hydrogens (primary N) is 1. The Bertz CT molecular complexity index is 1440. The lowest BCUT2D eigenvalue weighted by molar-refractivity contribution is -0.148. The number of aliphatic hydroxyl groups excluding tert-OH is 2. The topological polar surface area (TPSA) is 165 Å². The van der Waals surface area contributed by atoms with Crippen LogP contribution in [0, 0.1) is 23.3 Å². The van der Waals surface area contributed by atoms with Crippen LogP contribution >= 0.6 is 0 Å². The fraction of sp³-hybridized carbons (Fsp3) is 0.464. The first-order valence-electron chi connectivity index (χ1n) is 12.7. The molecule has 0 spiro atoms. The summed E-state index contributed by atoms with van der Waals surface area (Å²) in [5.41, 5.74) is 6.36. The number of carbonyl (C=O) groups excluding carboxylic acids is 3. The summed E-state index contributed by atoms with van der Waals surface area (Å²) < 4.78 is 0. The van der Waals surface area contributed by atoms with E-state index in [1.54, 1.807) is 20.2 Å². The number of phenols is 1. The minimum Gasteiger partial charge on any atom is -0.510 e. The summed E-state index contributed by atoms with van der Waals surface area (Å²) in [6.45, 7) is 6.15. The molecule has 3 aliphatic carbocycles. The lowest BCUT2D eigenvalue weighted by Crippen LogP contribution is -2.63. The number of anilines is 1. The Morgan fingerprint density at radius 3 is 2.26 bits per heavy atom. The number of aromatic hydroxyl groups is 1. The molecule has 1 aromatic carbocycles. The monoisotopic (exact) mass is 553 g/mol. The zero-order chi connectivity index (χ0) is 29.4. The molecule has 11 heteroatoms. The van der Waals surface area contributed by atoms with Gasteiger partial charge in [0.25, 0.3) is 5.91 Å². The van der Waals surface area contributed by atoms with E-state index >= 15 is 0 Å². The molecule has 6 N–H and O–H groups in total. The Kier molecular flexibility index (Phi) is 6.74. The summed E-state index contributed by atoms with van der Waals surface area (Å²) in [7, 11) is 4.98. The van der Waals surface area contributed by atoms with E-state index in [1.165, 1.54) is 4.90 Å². The van der Waals surface area contributed by atoms with E-state index in [0.717, 1.165) is 0 Å². The average molecular weight is 554 g/mol. The van der Waals surface area contributed by atoms with Crippen molar-refractivity contribution < 1.29 is 34.8 Å². The van der Waals surface area contributed by atoms with E-state index in [-0.39, 0.29) is 35.3 Å². The highest BCUT2D eigenvalue weighted by molar-refractivity contribution is 6.83. The van der Waals surface area contributed by atoms with Crippen molar-refractivity contribution in [2.24, 2.45) is 17.6 Å². The van der Waals surface area contributed by atoms with Gasteiger partial charge in [0, 0.05) is 31.3 Å². The molecular formula is C28H35N3O7Si. The van der Waals surface area contributed by atoms with Crippen LogP contribution in [0.25, 0.3) is 0 Å². The smallest absolute Gasteiger partial charge is 0.255 e. The first-order valence-corrected chi connectivity index (χ1v) is 16.2. The molecule has 0 aromatic heterocycles. The molecule has 0 saturated carbocycles. The molecule has 4 atom stereocenters. The third-order valence-corrected chi connectivity index (χ3v) is 8.63. The molecule has 0 bridgehead atoms. The summed E-state index contributed by atoms with van der Waals surface area (Å²) in [5, 5.41) is 45.3. The van der Waals surface area contributed by atoms with Crippen LogP contribution < -0.4 is 10.6 Å². The summed E-state index contributed by atoms with van der Waals surface area (Å²) in [5.74, 6) is -3.72. The average Bonchev–Trinajstić information content (AvgIpc) is 2.79. The second-order valence-corrected chi connectivity index (χ2v) is 16.8. The zero-order valence-electron chi connectivity index (χ0n) is 23.2. The zero-order valence-corrected chi connectivity index (χ0v) is 24.2. The Morgan fingerprint density at radius 1 is 1.13 bits per heavy atom. The van der Waals surface area contributed by atoms with Crippen LogP contribution in [0.2, 0.25) is 19.6 Å². The van der Waals surface area contributed by atoms with E-state index in [4.69, 9.17) is 5.73 Å². The van der Waals surface area contributed by atoms with Gasteiger partial charge in [0.05, 0.1) is 17.2 Å². The molecule has 1 aromatic rings. The number of rotatable bonds is 3. The first kappa shape index (κ1) is 28.4. The van der Waals surface area contributed by atoms with E-state index in [1.807, 2.05) is 19.0 Å². The number of amides is 1. The van der Waals surface area contributed by atoms with Gasteiger partial charge in [0.2, 0.25) is 5.78 Å². The van der Waals surface area contributed by atoms with Gasteiger partial charge in [-0.3, -0.25) is 19.3 Å². The van der Waals surface area contributed by atoms with Gasteiger partial charge in [-0.25, -0.2) is 0 Å². The van der Waals surface area contributed by atoms with Crippen molar-refractivity contribution >= 4 is 31.2 Å². The second kappa shape index (κ2) is 9.26. The number of allylic oxidation sites excluding steroid dienone is 1. The van der Waals surface area contributed by atoms with Crippen LogP contribution in [-0.4, -0.2) is 90.7 Å². The Balaban J connectivity index is 1.99. The Hall–Kier alpha value is -3.59. The number of hydrogen-bond acceptors (Lipinski definition) is 9. The molecule has 0 aliphatic heterocycles. The summed E-state index contributed by atoms with van der Waals surface area (Å²) >= 11 is 0. The van der Waals surface area contributed by atoms with Crippen LogP contribution in [0.3, 0.4) is 0 Å². The normalized spacial score (nSPS) is 26.5. The quantitative estimate of drug-likeness (QED) is 0.211. The van der Waals surface area contributed by atoms with Gasteiger partial charge in [-0.2, -0.15) is 0 Å². The van der Waals surface area contributed by atoms with E-state index in [0.29, 0.717) is 11.3 Å². The van der Waals surface area contributed by atoms with Crippen LogP contribution in [0.15, 0.2) is 28.7 Å². The third-order valence-electron chi connectivity index (χ3n) is 7.75. The van der Waals surface area contributed by atoms with Crippen molar-refractivity contribution in [1.82, 2.24) is 4.90 Å². The third kappa shape index (κ3) is 4.23. The maximum Gasteiger partial charge on any atom is 0.255 e. The highest BCUT2D eigenvalue weighted by Gasteiger charge is 2.63. The van der Waals surface area contributed by atoms with Gasteiger partial charge in [-0.1, -0.05) is 25.6 Å². The standard InChI is InChI=1S/C28H35N3O7Si/c1-30(2)17-12-13(8-9-39(5,6)7)22(32)19-15(17)10-14-11-16-21(31(3)4)24(34)20(27(29)37)26(36)28(16,38)25(35)18(14)23(19)33/h12,14,16,21,32,34-35,38H,10-11H2,1-7H3,(H2,29,37)/t14-,16-,21-,28-/m0/s1. The molecular weight excluding hydrogens is 518 g/mol. The lowest BCUT2D eigenvalue weighted by atomic mass is 9.58. The van der Waals surface area contributed by atoms with E-state index in [9.17, 15) is 34.8 Å². The van der Waals surface area contributed by atoms with Crippen LogP contribution in [-0.2, 0) is 16.0 Å². The lowest BCUT2D eigenvalue weighted by Gasteiger charge is -2.50. The SMILES string of the molecule is CN(C)c1cc(C#C[Si](C)(C)C)c(O)c2c1C[C@H]1C[C@H]3[C@H](N(C)C)C(O)=C(C(N)=O)C(=O)[C@@]3(O)C(O)=C1C2=O. The molecule has 0 saturated heterocycles. The number of carbonyl (C=O) groups is 3. The fourth-order valence-corrected chi connectivity index (χ4v) is 6.56. The molecule has 0 unspecified atom stereocenters. The molecule has 3 aliphatic rings. The van der Waals surface area contributed by atoms with Gasteiger partial charge < -0.3 is 31.1 Å². The number of fused-ring (bicyclic) bond motifs is 3. The molecule has 0 fully saturated rings. The van der Waals surface area contributed by atoms with Crippen LogP contribution in [0.4, 0.5) is 5.69 Å². The number of phenolic OH excluding ortho intramolecular Hbond substituents is 1.